The average molecular weight is 254 g/mol. The number of nitrogens with one attached hydrogen (secondary N) is 1. The highest BCUT2D eigenvalue weighted by Crippen LogP contribution is 2.28. The summed E-state index contributed by atoms with van der Waals surface area (Å²) in [5.74, 6) is 1.05. The molecule has 3 nitrogen and oxygen atoms in total. The summed E-state index contributed by atoms with van der Waals surface area (Å²) in [4.78, 5) is 14.5. The van der Waals surface area contributed by atoms with E-state index in [1.165, 1.54) is 6.42 Å². The number of carbonyl (C=O) groups is 1. The van der Waals surface area contributed by atoms with Crippen molar-refractivity contribution in [3.05, 3.63) is 0 Å². The van der Waals surface area contributed by atoms with E-state index in [1.807, 2.05) is 7.05 Å². The predicted octanol–water partition coefficient (Wildman–Crippen LogP) is 2.80. The van der Waals surface area contributed by atoms with Gasteiger partial charge in [0.25, 0.3) is 0 Å². The van der Waals surface area contributed by atoms with Gasteiger partial charge in [-0.1, -0.05) is 20.3 Å². The van der Waals surface area contributed by atoms with Crippen LogP contribution < -0.4 is 5.32 Å². The molecule has 1 N–H and O–H groups in total. The van der Waals surface area contributed by atoms with Crippen LogP contribution in [0.3, 0.4) is 0 Å². The fourth-order valence-corrected chi connectivity index (χ4v) is 2.97. The van der Waals surface area contributed by atoms with Gasteiger partial charge in [-0.05, 0) is 45.6 Å². The van der Waals surface area contributed by atoms with Gasteiger partial charge >= 0.3 is 0 Å². The molecule has 1 unspecified atom stereocenters. The number of nitrogens with zero attached hydrogens (tertiary/aromatic N) is 1. The lowest BCUT2D eigenvalue weighted by Gasteiger charge is -2.45. The molecule has 0 aromatic heterocycles. The maximum Gasteiger partial charge on any atom is 0.223 e. The fourth-order valence-electron chi connectivity index (χ4n) is 2.97. The van der Waals surface area contributed by atoms with Gasteiger partial charge in [0.15, 0.2) is 0 Å². The molecular formula is C15H30N2O. The van der Waals surface area contributed by atoms with Gasteiger partial charge in [0, 0.05) is 19.5 Å². The second-order valence-electron chi connectivity index (χ2n) is 6.32. The lowest BCUT2D eigenvalue weighted by Crippen LogP contribution is -2.57. The van der Waals surface area contributed by atoms with E-state index < -0.39 is 0 Å². The fraction of sp³-hybridized carbons (Fsp3) is 0.933. The Bertz CT molecular complexity index is 261. The van der Waals surface area contributed by atoms with Crippen LogP contribution in [0.5, 0.6) is 0 Å². The second-order valence-corrected chi connectivity index (χ2v) is 6.32. The van der Waals surface area contributed by atoms with E-state index >= 15 is 0 Å². The molecule has 0 spiro atoms. The third-order valence-electron chi connectivity index (χ3n) is 4.03. The molecule has 1 aliphatic heterocycles. The van der Waals surface area contributed by atoms with Gasteiger partial charge in [0.05, 0.1) is 5.54 Å². The first-order valence-corrected chi connectivity index (χ1v) is 7.44. The Morgan fingerprint density at radius 1 is 1.39 bits per heavy atom. The Hall–Kier alpha value is -0.570. The zero-order valence-corrected chi connectivity index (χ0v) is 12.6. The van der Waals surface area contributed by atoms with Gasteiger partial charge in [-0.25, -0.2) is 0 Å². The summed E-state index contributed by atoms with van der Waals surface area (Å²) >= 11 is 0. The van der Waals surface area contributed by atoms with Crippen LogP contribution in [0, 0.1) is 5.92 Å². The smallest absolute Gasteiger partial charge is 0.223 e. The van der Waals surface area contributed by atoms with Crippen molar-refractivity contribution in [1.29, 1.82) is 0 Å². The molecule has 0 aromatic carbocycles. The van der Waals surface area contributed by atoms with E-state index in [2.05, 4.69) is 31.0 Å². The summed E-state index contributed by atoms with van der Waals surface area (Å²) < 4.78 is 0. The molecule has 1 amide bonds. The molecule has 0 radical (unpaired) electrons. The Morgan fingerprint density at radius 3 is 2.72 bits per heavy atom. The topological polar surface area (TPSA) is 32.3 Å². The molecule has 1 atom stereocenters. The highest BCUT2D eigenvalue weighted by molar-refractivity contribution is 5.77. The maximum absolute atomic E-state index is 12.4. The van der Waals surface area contributed by atoms with Crippen LogP contribution in [-0.4, -0.2) is 36.5 Å². The summed E-state index contributed by atoms with van der Waals surface area (Å²) in [7, 11) is 1.97. The lowest BCUT2D eigenvalue weighted by molar-refractivity contribution is -0.139. The molecular weight excluding hydrogens is 224 g/mol. The quantitative estimate of drug-likeness (QED) is 0.790. The van der Waals surface area contributed by atoms with Gasteiger partial charge in [0.1, 0.15) is 0 Å². The van der Waals surface area contributed by atoms with Crippen LogP contribution >= 0.6 is 0 Å². The van der Waals surface area contributed by atoms with Crippen LogP contribution in [0.25, 0.3) is 0 Å². The van der Waals surface area contributed by atoms with E-state index in [9.17, 15) is 4.79 Å². The molecule has 0 aliphatic carbocycles. The highest BCUT2D eigenvalue weighted by atomic mass is 16.2. The normalized spacial score (nSPS) is 24.6. The van der Waals surface area contributed by atoms with Crippen molar-refractivity contribution in [3.63, 3.8) is 0 Å². The van der Waals surface area contributed by atoms with E-state index in [0.717, 1.165) is 45.2 Å². The molecule has 1 fully saturated rings. The lowest BCUT2D eigenvalue weighted by atomic mass is 9.87. The number of hydrogen-bond donors (Lipinski definition) is 1. The monoisotopic (exact) mass is 254 g/mol. The Labute approximate surface area is 112 Å². The molecule has 18 heavy (non-hydrogen) atoms. The standard InChI is InChI=1S/C15H30N2O/c1-13(2)8-7-9-14(18)17-11-6-5-10-15(17,3)12-16-4/h13,16H,5-12H2,1-4H3. The van der Waals surface area contributed by atoms with Crippen molar-refractivity contribution < 1.29 is 4.79 Å². The van der Waals surface area contributed by atoms with Crippen LogP contribution in [0.15, 0.2) is 0 Å². The van der Waals surface area contributed by atoms with Crippen LogP contribution in [0.4, 0.5) is 0 Å². The van der Waals surface area contributed by atoms with Gasteiger partial charge in [0.2, 0.25) is 5.91 Å². The van der Waals surface area contributed by atoms with Crippen molar-refractivity contribution in [2.75, 3.05) is 20.1 Å². The third-order valence-corrected chi connectivity index (χ3v) is 4.03. The number of carbonyl (C=O) groups excluding carboxylic acids is 1. The molecule has 1 heterocycles. The van der Waals surface area contributed by atoms with Crippen LogP contribution in [-0.2, 0) is 4.79 Å². The van der Waals surface area contributed by atoms with Gasteiger partial charge in [-0.2, -0.15) is 0 Å². The molecule has 3 heteroatoms. The largest absolute Gasteiger partial charge is 0.336 e. The summed E-state index contributed by atoms with van der Waals surface area (Å²) in [6, 6.07) is 0. The molecule has 0 saturated carbocycles. The average Bonchev–Trinajstić information content (AvgIpc) is 2.28. The van der Waals surface area contributed by atoms with E-state index in [4.69, 9.17) is 0 Å². The van der Waals surface area contributed by atoms with Crippen LogP contribution in [0.2, 0.25) is 0 Å². The minimum atomic E-state index is 0.0297. The minimum absolute atomic E-state index is 0.0297. The number of hydrogen-bond acceptors (Lipinski definition) is 2. The summed E-state index contributed by atoms with van der Waals surface area (Å²) in [6.45, 7) is 8.51. The van der Waals surface area contributed by atoms with E-state index in [-0.39, 0.29) is 5.54 Å². The zero-order chi connectivity index (χ0) is 13.6. The third kappa shape index (κ3) is 4.27. The first-order chi connectivity index (χ1) is 8.49. The molecule has 1 saturated heterocycles. The molecule has 106 valence electrons. The number of likely N-dealkylation sites (N-methyl/N-ethyl adjacent to an activating group) is 1. The predicted molar refractivity (Wildman–Crippen MR) is 76.6 cm³/mol. The summed E-state index contributed by atoms with van der Waals surface area (Å²) in [6.07, 6.45) is 6.44. The molecule has 0 aromatic rings. The molecule has 0 bridgehead atoms. The molecule has 1 rings (SSSR count). The zero-order valence-electron chi connectivity index (χ0n) is 12.6. The Balaban J connectivity index is 2.52. The van der Waals surface area contributed by atoms with Crippen molar-refractivity contribution in [1.82, 2.24) is 10.2 Å². The van der Waals surface area contributed by atoms with Gasteiger partial charge in [-0.15, -0.1) is 0 Å². The number of likely N-dealkylation sites (tertiary alicyclic amines) is 1. The Morgan fingerprint density at radius 2 is 2.11 bits per heavy atom. The number of rotatable bonds is 6. The Kier molecular flexibility index (Phi) is 6.13. The van der Waals surface area contributed by atoms with Gasteiger partial charge in [-0.3, -0.25) is 4.79 Å². The van der Waals surface area contributed by atoms with Crippen molar-refractivity contribution >= 4 is 5.91 Å². The first kappa shape index (κ1) is 15.5. The van der Waals surface area contributed by atoms with E-state index in [0.29, 0.717) is 11.8 Å². The number of piperidine rings is 1. The highest BCUT2D eigenvalue weighted by Gasteiger charge is 2.36. The van der Waals surface area contributed by atoms with E-state index in [1.54, 1.807) is 0 Å². The van der Waals surface area contributed by atoms with Gasteiger partial charge < -0.3 is 10.2 Å². The minimum Gasteiger partial charge on any atom is -0.336 e. The van der Waals surface area contributed by atoms with Crippen molar-refractivity contribution in [2.24, 2.45) is 5.92 Å². The number of amides is 1. The summed E-state index contributed by atoms with van der Waals surface area (Å²) in [5.41, 5.74) is 0.0297. The maximum atomic E-state index is 12.4. The first-order valence-electron chi connectivity index (χ1n) is 7.44. The second kappa shape index (κ2) is 7.13. The van der Waals surface area contributed by atoms with Crippen molar-refractivity contribution in [3.8, 4) is 0 Å². The SMILES string of the molecule is CNCC1(C)CCCCN1C(=O)CCCC(C)C. The summed E-state index contributed by atoms with van der Waals surface area (Å²) in [5, 5.41) is 3.24. The van der Waals surface area contributed by atoms with Crippen molar-refractivity contribution in [2.45, 2.75) is 64.8 Å². The molecule has 1 aliphatic rings. The van der Waals surface area contributed by atoms with Crippen LogP contribution in [0.1, 0.15) is 59.3 Å².